The minimum absolute atomic E-state index is 2.75. The summed E-state index contributed by atoms with van der Waals surface area (Å²) >= 11 is 0. The first-order valence-corrected chi connectivity index (χ1v) is 1.28. The van der Waals surface area contributed by atoms with Crippen molar-refractivity contribution in [1.82, 2.24) is 0 Å². The van der Waals surface area contributed by atoms with E-state index in [9.17, 15) is 17.3 Å². The van der Waals surface area contributed by atoms with Gasteiger partial charge in [-0.25, -0.2) is 0 Å². The highest BCUT2D eigenvalue weighted by molar-refractivity contribution is 6.50. The van der Waals surface area contributed by atoms with E-state index in [0.717, 1.165) is 0 Å². The van der Waals surface area contributed by atoms with Crippen LogP contribution in [0.5, 0.6) is 0 Å². The first-order valence-electron chi connectivity index (χ1n) is 1.28. The van der Waals surface area contributed by atoms with Gasteiger partial charge in [0.05, 0.1) is 0 Å². The van der Waals surface area contributed by atoms with Gasteiger partial charge in [0.2, 0.25) is 0 Å². The van der Waals surface area contributed by atoms with E-state index in [1.807, 2.05) is 0 Å². The SMILES string of the molecule is F[B-](F)(F)F.N[NH3+]. The van der Waals surface area contributed by atoms with Crippen LogP contribution < -0.4 is 11.7 Å². The van der Waals surface area contributed by atoms with Crippen molar-refractivity contribution in [2.24, 2.45) is 5.84 Å². The monoisotopic (exact) mass is 120 g/mol. The number of halogens is 4. The molecule has 0 spiro atoms. The maximum atomic E-state index is 9.75. The summed E-state index contributed by atoms with van der Waals surface area (Å²) < 4.78 is 39.0. The van der Waals surface area contributed by atoms with E-state index in [2.05, 4.69) is 11.7 Å². The number of rotatable bonds is 0. The van der Waals surface area contributed by atoms with Crippen LogP contribution in [-0.2, 0) is 0 Å². The van der Waals surface area contributed by atoms with Crippen LogP contribution in [0.4, 0.5) is 17.3 Å². The van der Waals surface area contributed by atoms with Crippen LogP contribution in [0.1, 0.15) is 0 Å². The van der Waals surface area contributed by atoms with E-state index in [4.69, 9.17) is 0 Å². The molecule has 0 atom stereocenters. The molecule has 7 heteroatoms. The van der Waals surface area contributed by atoms with E-state index in [0.29, 0.717) is 0 Å². The number of quaternary nitrogens is 1. The molecule has 0 saturated heterocycles. The molecule has 0 bridgehead atoms. The predicted octanol–water partition coefficient (Wildman–Crippen LogP) is -0.598. The standard InChI is InChI=1S/BF4.H4N2/c2-1(3,4)5;1-2/h;1-2H2/q-1;/p+1. The van der Waals surface area contributed by atoms with Gasteiger partial charge in [0.15, 0.2) is 0 Å². The Labute approximate surface area is 37.5 Å². The highest BCUT2D eigenvalue weighted by Gasteiger charge is 2.20. The normalized spacial score (nSPS) is 9.43. The Balaban J connectivity index is 0. The van der Waals surface area contributed by atoms with E-state index < -0.39 is 7.25 Å². The van der Waals surface area contributed by atoms with Gasteiger partial charge in [-0.15, -0.1) is 0 Å². The predicted molar refractivity (Wildman–Crippen MR) is 17.3 cm³/mol. The van der Waals surface area contributed by atoms with E-state index in [1.165, 1.54) is 0 Å². The maximum Gasteiger partial charge on any atom is 0.673 e. The minimum atomic E-state index is -6.00. The quantitative estimate of drug-likeness (QED) is 0.190. The number of hydrogen-bond donors (Lipinski definition) is 2. The van der Waals surface area contributed by atoms with Crippen molar-refractivity contribution in [3.63, 3.8) is 0 Å². The zero-order valence-corrected chi connectivity index (χ0v) is 3.37. The highest BCUT2D eigenvalue weighted by Crippen LogP contribution is 2.06. The van der Waals surface area contributed by atoms with Crippen LogP contribution in [0.15, 0.2) is 0 Å². The molecule has 0 unspecified atom stereocenters. The first kappa shape index (κ1) is 9.86. The van der Waals surface area contributed by atoms with Crippen LogP contribution in [-0.4, -0.2) is 7.25 Å². The van der Waals surface area contributed by atoms with Gasteiger partial charge in [0, 0.05) is 0 Å². The zero-order valence-electron chi connectivity index (χ0n) is 3.37. The molecule has 0 aromatic carbocycles. The molecule has 0 heterocycles. The van der Waals surface area contributed by atoms with Crippen LogP contribution in [0, 0.1) is 0 Å². The van der Waals surface area contributed by atoms with Crippen LogP contribution >= 0.6 is 0 Å². The molecule has 2 nitrogen and oxygen atoms in total. The third-order valence-corrected chi connectivity index (χ3v) is 0. The Hall–Kier alpha value is -0.295. The molecule has 0 rings (SSSR count). The second-order valence-corrected chi connectivity index (χ2v) is 0.495. The molecular formula is H5BF4N2. The average Bonchev–Trinajstić information content (AvgIpc) is 1.36. The van der Waals surface area contributed by atoms with Gasteiger partial charge in [-0.05, 0) is 0 Å². The topological polar surface area (TPSA) is 53.7 Å². The largest absolute Gasteiger partial charge is 0.673 e. The molecule has 0 aromatic rings. The molecule has 7 heavy (non-hydrogen) atoms. The number of nitrogens with two attached hydrogens (primary N) is 1. The Kier molecular flexibility index (Phi) is 5.46. The van der Waals surface area contributed by atoms with Crippen LogP contribution in [0.2, 0.25) is 0 Å². The second kappa shape index (κ2) is 3.88. The van der Waals surface area contributed by atoms with Crippen LogP contribution in [0.25, 0.3) is 0 Å². The summed E-state index contributed by atoms with van der Waals surface area (Å²) in [5.41, 5.74) is 0. The fourth-order valence-electron chi connectivity index (χ4n) is 0. The van der Waals surface area contributed by atoms with Crippen molar-refractivity contribution in [2.45, 2.75) is 0 Å². The van der Waals surface area contributed by atoms with Gasteiger partial charge in [0.1, 0.15) is 0 Å². The van der Waals surface area contributed by atoms with E-state index in [-0.39, 0.29) is 0 Å². The molecule has 0 saturated carbocycles. The lowest BCUT2D eigenvalue weighted by Crippen LogP contribution is -2.59. The zero-order chi connectivity index (χ0) is 6.50. The lowest BCUT2D eigenvalue weighted by Gasteiger charge is -1.94. The first-order chi connectivity index (χ1) is 3.00. The summed E-state index contributed by atoms with van der Waals surface area (Å²) in [5.74, 6) is 7.00. The van der Waals surface area contributed by atoms with Crippen molar-refractivity contribution >= 4 is 7.25 Å². The molecule has 0 aliphatic rings. The minimum Gasteiger partial charge on any atom is -0.418 e. The summed E-state index contributed by atoms with van der Waals surface area (Å²) in [6.07, 6.45) is 0. The van der Waals surface area contributed by atoms with Gasteiger partial charge in [-0.2, -0.15) is 5.84 Å². The van der Waals surface area contributed by atoms with Crippen LogP contribution in [0.3, 0.4) is 0 Å². The van der Waals surface area contributed by atoms with E-state index >= 15 is 0 Å². The van der Waals surface area contributed by atoms with Crippen molar-refractivity contribution in [2.75, 3.05) is 0 Å². The molecule has 0 aliphatic heterocycles. The van der Waals surface area contributed by atoms with Gasteiger partial charge in [0.25, 0.3) is 0 Å². The third kappa shape index (κ3) is 899. The average molecular weight is 120 g/mol. The maximum absolute atomic E-state index is 9.75. The molecule has 46 valence electrons. The van der Waals surface area contributed by atoms with Crippen molar-refractivity contribution in [3.05, 3.63) is 0 Å². The lowest BCUT2D eigenvalue weighted by atomic mass is 10.3. The Morgan fingerprint density at radius 2 is 1.00 bits per heavy atom. The summed E-state index contributed by atoms with van der Waals surface area (Å²) in [5, 5.41) is 0. The fourth-order valence-corrected chi connectivity index (χ4v) is 0. The molecule has 0 amide bonds. The Morgan fingerprint density at radius 3 is 1.00 bits per heavy atom. The molecule has 0 radical (unpaired) electrons. The second-order valence-electron chi connectivity index (χ2n) is 0.495. The Morgan fingerprint density at radius 1 is 1.00 bits per heavy atom. The van der Waals surface area contributed by atoms with Gasteiger partial charge in [-0.3, -0.25) is 5.84 Å². The summed E-state index contributed by atoms with van der Waals surface area (Å²) in [6.45, 7) is 0. The van der Waals surface area contributed by atoms with Crippen molar-refractivity contribution in [3.8, 4) is 0 Å². The van der Waals surface area contributed by atoms with Gasteiger partial charge >= 0.3 is 7.25 Å². The fraction of sp³-hybridized carbons (Fsp3) is 0. The summed E-state index contributed by atoms with van der Waals surface area (Å²) in [7, 11) is -6.00. The lowest BCUT2D eigenvalue weighted by molar-refractivity contribution is -0.379. The van der Waals surface area contributed by atoms with Crippen molar-refractivity contribution in [1.29, 1.82) is 0 Å². The molecule has 5 N–H and O–H groups in total. The van der Waals surface area contributed by atoms with Gasteiger partial charge < -0.3 is 17.3 Å². The van der Waals surface area contributed by atoms with Crippen molar-refractivity contribution < 1.29 is 23.1 Å². The highest BCUT2D eigenvalue weighted by atomic mass is 19.5. The molecule has 0 fully saturated rings. The Bertz CT molecular complexity index is 25.2. The summed E-state index contributed by atoms with van der Waals surface area (Å²) in [6, 6.07) is 0. The molecule has 0 aromatic heterocycles. The summed E-state index contributed by atoms with van der Waals surface area (Å²) in [4.78, 5) is 0. The smallest absolute Gasteiger partial charge is 0.418 e. The number of hydrogen-bond acceptors (Lipinski definition) is 1. The van der Waals surface area contributed by atoms with E-state index in [1.54, 1.807) is 0 Å². The third-order valence-electron chi connectivity index (χ3n) is 0. The molecular weight excluding hydrogens is 115 g/mol. The molecule has 0 aliphatic carbocycles. The van der Waals surface area contributed by atoms with Gasteiger partial charge in [-0.1, -0.05) is 0 Å².